The Kier molecular flexibility index (Phi) is 8.71. The lowest BCUT2D eigenvalue weighted by molar-refractivity contribution is -0.171. The van der Waals surface area contributed by atoms with Gasteiger partial charge in [0.25, 0.3) is 11.8 Å². The molecule has 0 radical (unpaired) electrons. The first-order chi connectivity index (χ1) is 12.8. The second kappa shape index (κ2) is 9.89. The fourth-order valence-corrected chi connectivity index (χ4v) is 2.85. The van der Waals surface area contributed by atoms with Gasteiger partial charge in [-0.1, -0.05) is 6.92 Å². The predicted molar refractivity (Wildman–Crippen MR) is 93.1 cm³/mol. The molecular formula is C19H30F4O5. The van der Waals surface area contributed by atoms with Crippen LogP contribution >= 0.6 is 0 Å². The molecule has 0 spiro atoms. The molecular weight excluding hydrogens is 384 g/mol. The van der Waals surface area contributed by atoms with E-state index in [0.717, 1.165) is 0 Å². The van der Waals surface area contributed by atoms with Gasteiger partial charge in [-0.15, -0.1) is 0 Å². The first-order valence-corrected chi connectivity index (χ1v) is 9.57. The number of hydrogen-bond donors (Lipinski definition) is 1. The molecule has 0 heterocycles. The van der Waals surface area contributed by atoms with Gasteiger partial charge in [-0.3, -0.25) is 9.59 Å². The van der Waals surface area contributed by atoms with Crippen LogP contribution in [-0.2, 0) is 19.1 Å². The molecule has 1 N–H and O–H groups in total. The summed E-state index contributed by atoms with van der Waals surface area (Å²) < 4.78 is 64.3. The van der Waals surface area contributed by atoms with Crippen LogP contribution in [0.5, 0.6) is 0 Å². The summed E-state index contributed by atoms with van der Waals surface area (Å²) in [6.45, 7) is 4.53. The molecule has 0 aromatic heterocycles. The summed E-state index contributed by atoms with van der Waals surface area (Å²) in [6, 6.07) is 0. The van der Waals surface area contributed by atoms with Crippen LogP contribution in [-0.4, -0.2) is 47.7 Å². The lowest BCUT2D eigenvalue weighted by atomic mass is 9.90. The van der Waals surface area contributed by atoms with Crippen LogP contribution < -0.4 is 0 Å². The third-order valence-electron chi connectivity index (χ3n) is 5.03. The fourth-order valence-electron chi connectivity index (χ4n) is 2.85. The second-order valence-corrected chi connectivity index (χ2v) is 8.07. The monoisotopic (exact) mass is 414 g/mol. The van der Waals surface area contributed by atoms with Crippen molar-refractivity contribution >= 4 is 11.9 Å². The van der Waals surface area contributed by atoms with Crippen molar-refractivity contribution in [3.8, 4) is 0 Å². The number of aliphatic hydroxyl groups is 1. The van der Waals surface area contributed by atoms with E-state index >= 15 is 0 Å². The minimum Gasteiger partial charge on any atom is -0.462 e. The molecule has 5 nitrogen and oxygen atoms in total. The topological polar surface area (TPSA) is 72.8 Å². The second-order valence-electron chi connectivity index (χ2n) is 8.07. The highest BCUT2D eigenvalue weighted by Gasteiger charge is 2.45. The first-order valence-electron chi connectivity index (χ1n) is 9.57. The number of rotatable bonds is 10. The molecule has 0 aromatic carbocycles. The molecule has 9 heteroatoms. The third-order valence-corrected chi connectivity index (χ3v) is 5.03. The number of aliphatic hydroxyl groups excluding tert-OH is 1. The molecule has 1 rings (SSSR count). The summed E-state index contributed by atoms with van der Waals surface area (Å²) in [5.74, 6) is -9.22. The maximum absolute atomic E-state index is 13.7. The molecule has 164 valence electrons. The van der Waals surface area contributed by atoms with Crippen molar-refractivity contribution in [1.29, 1.82) is 0 Å². The van der Waals surface area contributed by atoms with E-state index in [1.54, 1.807) is 13.8 Å². The smallest absolute Gasteiger partial charge is 0.312 e. The fraction of sp³-hybridized carbons (Fsp3) is 0.895. The van der Waals surface area contributed by atoms with Crippen molar-refractivity contribution in [2.75, 3.05) is 6.61 Å². The van der Waals surface area contributed by atoms with E-state index in [4.69, 9.17) is 14.6 Å². The van der Waals surface area contributed by atoms with Gasteiger partial charge in [0.1, 0.15) is 18.6 Å². The molecule has 1 saturated carbocycles. The Labute approximate surface area is 162 Å². The van der Waals surface area contributed by atoms with Crippen molar-refractivity contribution in [3.63, 3.8) is 0 Å². The van der Waals surface area contributed by atoms with Crippen LogP contribution in [0.1, 0.15) is 72.1 Å². The third kappa shape index (κ3) is 8.32. The van der Waals surface area contributed by atoms with Crippen LogP contribution in [0.3, 0.4) is 0 Å². The number of ether oxygens (including phenoxy) is 2. The Morgan fingerprint density at radius 1 is 0.964 bits per heavy atom. The molecule has 1 aliphatic carbocycles. The Morgan fingerprint density at radius 2 is 1.46 bits per heavy atom. The summed E-state index contributed by atoms with van der Waals surface area (Å²) in [7, 11) is 0. The summed E-state index contributed by atoms with van der Waals surface area (Å²) in [4.78, 5) is 23.8. The van der Waals surface area contributed by atoms with E-state index < -0.39 is 55.2 Å². The molecule has 0 saturated heterocycles. The van der Waals surface area contributed by atoms with E-state index in [1.165, 1.54) is 0 Å². The van der Waals surface area contributed by atoms with Gasteiger partial charge in [-0.25, -0.2) is 17.6 Å². The van der Waals surface area contributed by atoms with E-state index in [1.807, 2.05) is 6.92 Å². The van der Waals surface area contributed by atoms with E-state index in [2.05, 4.69) is 0 Å². The molecule has 1 fully saturated rings. The van der Waals surface area contributed by atoms with E-state index in [0.29, 0.717) is 32.1 Å². The first kappa shape index (κ1) is 24.7. The van der Waals surface area contributed by atoms with Gasteiger partial charge < -0.3 is 14.6 Å². The van der Waals surface area contributed by atoms with Crippen LogP contribution in [0.15, 0.2) is 0 Å². The van der Waals surface area contributed by atoms with Crippen LogP contribution in [0, 0.1) is 5.41 Å². The maximum atomic E-state index is 13.7. The van der Waals surface area contributed by atoms with Gasteiger partial charge in [-0.2, -0.15) is 0 Å². The highest BCUT2D eigenvalue weighted by Crippen LogP contribution is 2.36. The SMILES string of the molecule is CCC(C)(C)C(=O)OC1CCC(OC(=O)CC(F)(F)CC(F)(F)CCO)CC1. The zero-order valence-electron chi connectivity index (χ0n) is 16.6. The molecule has 0 aromatic rings. The van der Waals surface area contributed by atoms with Gasteiger partial charge in [0.05, 0.1) is 11.8 Å². The number of halogens is 4. The van der Waals surface area contributed by atoms with Crippen molar-refractivity contribution in [1.82, 2.24) is 0 Å². The van der Waals surface area contributed by atoms with E-state index in [9.17, 15) is 27.2 Å². The van der Waals surface area contributed by atoms with Gasteiger partial charge in [0, 0.05) is 13.0 Å². The average molecular weight is 414 g/mol. The molecule has 0 atom stereocenters. The zero-order chi connectivity index (χ0) is 21.6. The molecule has 28 heavy (non-hydrogen) atoms. The number of carbonyl (C=O) groups is 2. The highest BCUT2D eigenvalue weighted by molar-refractivity contribution is 5.76. The molecule has 0 amide bonds. The number of esters is 2. The number of carbonyl (C=O) groups excluding carboxylic acids is 2. The van der Waals surface area contributed by atoms with Gasteiger partial charge in [-0.05, 0) is 46.0 Å². The lowest BCUT2D eigenvalue weighted by Gasteiger charge is -2.31. The summed E-state index contributed by atoms with van der Waals surface area (Å²) in [5, 5.41) is 8.48. The van der Waals surface area contributed by atoms with Crippen LogP contribution in [0.4, 0.5) is 17.6 Å². The summed E-state index contributed by atoms with van der Waals surface area (Å²) in [5.41, 5.74) is -0.590. The van der Waals surface area contributed by atoms with Crippen molar-refractivity contribution in [2.45, 2.75) is 96.2 Å². The standard InChI is InChI=1S/C19H30F4O5/c1-4-17(2,3)16(26)28-14-7-5-13(6-8-14)27-15(25)11-19(22,23)12-18(20,21)9-10-24/h13-14,24H,4-12H2,1-3H3. The predicted octanol–water partition coefficient (Wildman–Crippen LogP) is 4.25. The van der Waals surface area contributed by atoms with Crippen molar-refractivity contribution < 1.29 is 41.7 Å². The van der Waals surface area contributed by atoms with E-state index in [-0.39, 0.29) is 12.1 Å². The molecule has 1 aliphatic rings. The van der Waals surface area contributed by atoms with Crippen molar-refractivity contribution in [3.05, 3.63) is 0 Å². The van der Waals surface area contributed by atoms with Gasteiger partial charge >= 0.3 is 11.9 Å². The van der Waals surface area contributed by atoms with Crippen LogP contribution in [0.25, 0.3) is 0 Å². The normalized spacial score (nSPS) is 21.3. The number of hydrogen-bond acceptors (Lipinski definition) is 5. The summed E-state index contributed by atoms with van der Waals surface area (Å²) in [6.07, 6.45) is -3.05. The number of alkyl halides is 4. The van der Waals surface area contributed by atoms with Crippen molar-refractivity contribution in [2.24, 2.45) is 5.41 Å². The Morgan fingerprint density at radius 3 is 1.93 bits per heavy atom. The zero-order valence-corrected chi connectivity index (χ0v) is 16.6. The Hall–Kier alpha value is -1.38. The molecule has 0 unspecified atom stereocenters. The highest BCUT2D eigenvalue weighted by atomic mass is 19.3. The summed E-state index contributed by atoms with van der Waals surface area (Å²) >= 11 is 0. The molecule has 0 aliphatic heterocycles. The maximum Gasteiger partial charge on any atom is 0.312 e. The largest absolute Gasteiger partial charge is 0.462 e. The minimum atomic E-state index is -3.92. The lowest BCUT2D eigenvalue weighted by Crippen LogP contribution is -2.36. The Balaban J connectivity index is 2.42. The van der Waals surface area contributed by atoms with Crippen LogP contribution in [0.2, 0.25) is 0 Å². The minimum absolute atomic E-state index is 0.307. The van der Waals surface area contributed by atoms with Gasteiger partial charge in [0.2, 0.25) is 0 Å². The van der Waals surface area contributed by atoms with Gasteiger partial charge in [0.15, 0.2) is 0 Å². The Bertz CT molecular complexity index is 528. The quantitative estimate of drug-likeness (QED) is 0.427. The average Bonchev–Trinajstić information content (AvgIpc) is 2.54. The molecule has 0 bridgehead atoms.